The van der Waals surface area contributed by atoms with E-state index < -0.39 is 29.2 Å². The zero-order valence-corrected chi connectivity index (χ0v) is 24.1. The molecule has 2 aromatic carbocycles. The molecule has 1 saturated carbocycles. The Bertz CT molecular complexity index is 1140. The van der Waals surface area contributed by atoms with E-state index in [1.807, 2.05) is 51.1 Å². The maximum absolute atomic E-state index is 13.4. The van der Waals surface area contributed by atoms with Gasteiger partial charge in [0.15, 0.2) is 11.5 Å². The molecule has 2 aliphatic rings. The van der Waals surface area contributed by atoms with Crippen molar-refractivity contribution in [3.63, 3.8) is 0 Å². The number of hydrogen-bond acceptors (Lipinski definition) is 6. The Morgan fingerprint density at radius 3 is 2.22 bits per heavy atom. The molecule has 1 atom stereocenters. The van der Waals surface area contributed by atoms with Gasteiger partial charge in [-0.25, -0.2) is 4.79 Å². The van der Waals surface area contributed by atoms with E-state index in [0.717, 1.165) is 24.8 Å². The molecule has 2 fully saturated rings. The molecular formula is C31H41F3N2O5. The number of nitrogens with zero attached hydrogens (tertiary/aromatic N) is 2. The lowest BCUT2D eigenvalue weighted by Crippen LogP contribution is -2.52. The zero-order valence-electron chi connectivity index (χ0n) is 24.1. The molecule has 4 rings (SSSR count). The Labute approximate surface area is 240 Å². The Morgan fingerprint density at radius 2 is 1.61 bits per heavy atom. The standard InChI is InChI=1S/C31H41F3N2O5/c1-29(2,3)41-28(37)36-18-16-35(17-19-36)21-25(30(38)14-8-5-9-15-30)24-12-13-26(27(20-24)40-31(32,33)34)39-22-23-10-6-4-7-11-23/h4,6-7,10-13,20,25,38H,5,8-9,14-19,21-22H2,1-3H3. The van der Waals surface area contributed by atoms with Gasteiger partial charge in [0.05, 0.1) is 5.60 Å². The second-order valence-electron chi connectivity index (χ2n) is 12.0. The summed E-state index contributed by atoms with van der Waals surface area (Å²) in [5, 5.41) is 11.8. The molecule has 1 unspecified atom stereocenters. The molecule has 1 saturated heterocycles. The smallest absolute Gasteiger partial charge is 0.485 e. The molecule has 10 heteroatoms. The summed E-state index contributed by atoms with van der Waals surface area (Å²) in [7, 11) is 0. The molecule has 2 aromatic rings. The van der Waals surface area contributed by atoms with Gasteiger partial charge in [-0.05, 0) is 56.9 Å². The lowest BCUT2D eigenvalue weighted by atomic mass is 9.72. The van der Waals surface area contributed by atoms with Crippen LogP contribution in [0.1, 0.15) is 69.9 Å². The number of aliphatic hydroxyl groups is 1. The molecule has 1 N–H and O–H groups in total. The Morgan fingerprint density at radius 1 is 0.951 bits per heavy atom. The minimum absolute atomic E-state index is 0.0183. The van der Waals surface area contributed by atoms with Gasteiger partial charge in [0, 0.05) is 38.6 Å². The van der Waals surface area contributed by atoms with Crippen molar-refractivity contribution in [3.8, 4) is 11.5 Å². The van der Waals surface area contributed by atoms with Gasteiger partial charge in [0.1, 0.15) is 12.2 Å². The molecule has 1 heterocycles. The molecule has 7 nitrogen and oxygen atoms in total. The van der Waals surface area contributed by atoms with Crippen molar-refractivity contribution in [1.82, 2.24) is 9.80 Å². The molecular weight excluding hydrogens is 537 g/mol. The van der Waals surface area contributed by atoms with Crippen LogP contribution in [0.2, 0.25) is 0 Å². The highest BCUT2D eigenvalue weighted by Gasteiger charge is 2.41. The first-order valence-electron chi connectivity index (χ1n) is 14.3. The second kappa shape index (κ2) is 12.9. The summed E-state index contributed by atoms with van der Waals surface area (Å²) in [6.07, 6.45) is -1.42. The van der Waals surface area contributed by atoms with Gasteiger partial charge in [0.2, 0.25) is 0 Å². The SMILES string of the molecule is CC(C)(C)OC(=O)N1CCN(CC(c2ccc(OCc3ccccc3)c(OC(F)(F)F)c2)C2(O)CCCCC2)CC1. The van der Waals surface area contributed by atoms with Crippen molar-refractivity contribution < 1.29 is 37.3 Å². The number of piperazine rings is 1. The molecule has 0 radical (unpaired) electrons. The molecule has 0 aromatic heterocycles. The van der Waals surface area contributed by atoms with Crippen LogP contribution in [0.5, 0.6) is 11.5 Å². The first-order chi connectivity index (χ1) is 19.3. The Balaban J connectivity index is 1.55. The maximum atomic E-state index is 13.4. The van der Waals surface area contributed by atoms with Gasteiger partial charge in [-0.3, -0.25) is 4.90 Å². The van der Waals surface area contributed by atoms with Crippen LogP contribution in [0.3, 0.4) is 0 Å². The van der Waals surface area contributed by atoms with Crippen LogP contribution < -0.4 is 9.47 Å². The molecule has 1 amide bonds. The normalized spacial score (nSPS) is 19.0. The van der Waals surface area contributed by atoms with E-state index in [9.17, 15) is 23.1 Å². The first kappa shape index (κ1) is 31.0. The van der Waals surface area contributed by atoms with E-state index in [1.165, 1.54) is 12.1 Å². The highest BCUT2D eigenvalue weighted by molar-refractivity contribution is 5.68. The minimum Gasteiger partial charge on any atom is -0.485 e. The fraction of sp³-hybridized carbons (Fsp3) is 0.581. The van der Waals surface area contributed by atoms with Crippen LogP contribution in [-0.2, 0) is 11.3 Å². The average Bonchev–Trinajstić information content (AvgIpc) is 2.90. The summed E-state index contributed by atoms with van der Waals surface area (Å²) in [5.41, 5.74) is -0.274. The van der Waals surface area contributed by atoms with Gasteiger partial charge in [-0.15, -0.1) is 13.2 Å². The number of hydrogen-bond donors (Lipinski definition) is 1. The number of benzene rings is 2. The van der Waals surface area contributed by atoms with Gasteiger partial charge in [0.25, 0.3) is 0 Å². The van der Waals surface area contributed by atoms with Crippen molar-refractivity contribution in [2.75, 3.05) is 32.7 Å². The topological polar surface area (TPSA) is 71.5 Å². The highest BCUT2D eigenvalue weighted by atomic mass is 19.4. The predicted octanol–water partition coefficient (Wildman–Crippen LogP) is 6.50. The number of alkyl halides is 3. The average molecular weight is 579 g/mol. The van der Waals surface area contributed by atoms with Gasteiger partial charge in [-0.1, -0.05) is 55.7 Å². The zero-order chi connectivity index (χ0) is 29.7. The number of carbonyl (C=O) groups excluding carboxylic acids is 1. The van der Waals surface area contributed by atoms with Crippen LogP contribution in [0.25, 0.3) is 0 Å². The lowest BCUT2D eigenvalue weighted by Gasteiger charge is -2.43. The van der Waals surface area contributed by atoms with E-state index in [1.54, 1.807) is 11.0 Å². The summed E-state index contributed by atoms with van der Waals surface area (Å²) < 4.78 is 56.0. The molecule has 226 valence electrons. The molecule has 41 heavy (non-hydrogen) atoms. The van der Waals surface area contributed by atoms with Gasteiger partial charge < -0.3 is 24.2 Å². The minimum atomic E-state index is -4.90. The molecule has 0 bridgehead atoms. The van der Waals surface area contributed by atoms with E-state index in [-0.39, 0.29) is 18.4 Å². The number of ether oxygens (including phenoxy) is 3. The van der Waals surface area contributed by atoms with Gasteiger partial charge >= 0.3 is 12.5 Å². The van der Waals surface area contributed by atoms with Crippen LogP contribution in [-0.4, -0.2) is 71.3 Å². The number of carbonyl (C=O) groups is 1. The summed E-state index contributed by atoms with van der Waals surface area (Å²) in [6, 6.07) is 13.8. The Hall–Kier alpha value is -2.98. The van der Waals surface area contributed by atoms with Crippen LogP contribution in [0.4, 0.5) is 18.0 Å². The Kier molecular flexibility index (Phi) is 9.74. The molecule has 1 aliphatic carbocycles. The largest absolute Gasteiger partial charge is 0.573 e. The van der Waals surface area contributed by atoms with Crippen molar-refractivity contribution in [2.45, 2.75) is 83.0 Å². The summed E-state index contributed by atoms with van der Waals surface area (Å²) >= 11 is 0. The maximum Gasteiger partial charge on any atom is 0.573 e. The fourth-order valence-corrected chi connectivity index (χ4v) is 5.60. The predicted molar refractivity (Wildman–Crippen MR) is 149 cm³/mol. The summed E-state index contributed by atoms with van der Waals surface area (Å²) in [4.78, 5) is 16.3. The van der Waals surface area contributed by atoms with E-state index in [0.29, 0.717) is 51.1 Å². The van der Waals surface area contributed by atoms with Crippen LogP contribution in [0, 0.1) is 0 Å². The summed E-state index contributed by atoms with van der Waals surface area (Å²) in [5.74, 6) is -0.894. The van der Waals surface area contributed by atoms with E-state index in [2.05, 4.69) is 9.64 Å². The molecule has 0 spiro atoms. The van der Waals surface area contributed by atoms with Crippen LogP contribution in [0.15, 0.2) is 48.5 Å². The van der Waals surface area contributed by atoms with Gasteiger partial charge in [-0.2, -0.15) is 0 Å². The third-order valence-corrected chi connectivity index (χ3v) is 7.67. The lowest BCUT2D eigenvalue weighted by molar-refractivity contribution is -0.275. The number of halogens is 3. The monoisotopic (exact) mass is 578 g/mol. The van der Waals surface area contributed by atoms with Crippen molar-refractivity contribution in [2.24, 2.45) is 0 Å². The number of amides is 1. The quantitative estimate of drug-likeness (QED) is 0.386. The fourth-order valence-electron chi connectivity index (χ4n) is 5.60. The van der Waals surface area contributed by atoms with Crippen molar-refractivity contribution in [3.05, 3.63) is 59.7 Å². The van der Waals surface area contributed by atoms with E-state index in [4.69, 9.17) is 9.47 Å². The molecule has 1 aliphatic heterocycles. The summed E-state index contributed by atoms with van der Waals surface area (Å²) in [6.45, 7) is 8.07. The number of rotatable bonds is 8. The first-order valence-corrected chi connectivity index (χ1v) is 14.3. The van der Waals surface area contributed by atoms with Crippen molar-refractivity contribution in [1.29, 1.82) is 0 Å². The highest BCUT2D eigenvalue weighted by Crippen LogP contribution is 2.43. The van der Waals surface area contributed by atoms with Crippen LogP contribution >= 0.6 is 0 Å². The van der Waals surface area contributed by atoms with Crippen molar-refractivity contribution >= 4 is 6.09 Å². The van der Waals surface area contributed by atoms with E-state index >= 15 is 0 Å². The second-order valence-corrected chi connectivity index (χ2v) is 12.0. The third kappa shape index (κ3) is 9.00. The third-order valence-electron chi connectivity index (χ3n) is 7.67.